The van der Waals surface area contributed by atoms with Crippen LogP contribution in [0.3, 0.4) is 0 Å². The van der Waals surface area contributed by atoms with Crippen LogP contribution < -0.4 is 10.7 Å². The number of para-hydroxylation sites is 2. The number of thioether (sulfide) groups is 1. The molecule has 0 radical (unpaired) electrons. The summed E-state index contributed by atoms with van der Waals surface area (Å²) in [7, 11) is 0. The highest BCUT2D eigenvalue weighted by Gasteiger charge is 2.06. The van der Waals surface area contributed by atoms with Gasteiger partial charge in [-0.05, 0) is 31.4 Å². The highest BCUT2D eigenvalue weighted by atomic mass is 32.2. The number of nitriles is 1. The van der Waals surface area contributed by atoms with E-state index < -0.39 is 0 Å². The van der Waals surface area contributed by atoms with Crippen molar-refractivity contribution in [3.05, 3.63) is 60.2 Å². The standard InChI is InChI=1S/C17H17N5S/c1-13(21-22-14-8-4-3-5-9-14)15-10-6-7-11-16(15)20-17(23-2)19-12-18/h3-11,22H,1-2H3,(H,19,20). The zero-order chi connectivity index (χ0) is 16.5. The molecule has 0 aromatic heterocycles. The van der Waals surface area contributed by atoms with Crippen LogP contribution in [0.1, 0.15) is 12.5 Å². The van der Waals surface area contributed by atoms with Crippen LogP contribution in [0.25, 0.3) is 0 Å². The molecular formula is C17H17N5S. The van der Waals surface area contributed by atoms with E-state index in [9.17, 15) is 0 Å². The smallest absolute Gasteiger partial charge is 0.183 e. The van der Waals surface area contributed by atoms with Crippen molar-refractivity contribution in [1.82, 2.24) is 5.32 Å². The first-order valence-corrected chi connectivity index (χ1v) is 8.19. The number of rotatable bonds is 4. The Morgan fingerprint density at radius 1 is 1.09 bits per heavy atom. The Bertz CT molecular complexity index is 747. The molecule has 0 fully saturated rings. The second-order valence-corrected chi connectivity index (χ2v) is 5.35. The molecule has 23 heavy (non-hydrogen) atoms. The van der Waals surface area contributed by atoms with Crippen molar-refractivity contribution in [1.29, 1.82) is 5.26 Å². The van der Waals surface area contributed by atoms with Crippen molar-refractivity contribution >= 4 is 34.0 Å². The van der Waals surface area contributed by atoms with E-state index in [1.54, 1.807) is 0 Å². The van der Waals surface area contributed by atoms with E-state index in [2.05, 4.69) is 20.8 Å². The monoisotopic (exact) mass is 323 g/mol. The summed E-state index contributed by atoms with van der Waals surface area (Å²) in [4.78, 5) is 4.48. The van der Waals surface area contributed by atoms with Crippen molar-refractivity contribution in [2.24, 2.45) is 10.1 Å². The van der Waals surface area contributed by atoms with E-state index in [1.165, 1.54) is 11.8 Å². The van der Waals surface area contributed by atoms with Gasteiger partial charge in [0.1, 0.15) is 0 Å². The Morgan fingerprint density at radius 3 is 2.48 bits per heavy atom. The number of nitrogens with zero attached hydrogens (tertiary/aromatic N) is 3. The van der Waals surface area contributed by atoms with Gasteiger partial charge in [0, 0.05) is 5.56 Å². The number of aliphatic imine (C=N–C) groups is 1. The SMILES string of the molecule is CSC(=Nc1ccccc1C(C)=NNc1ccccc1)NC#N. The molecule has 5 nitrogen and oxygen atoms in total. The van der Waals surface area contributed by atoms with E-state index in [4.69, 9.17) is 5.26 Å². The molecule has 0 bridgehead atoms. The minimum Gasteiger partial charge on any atom is -0.278 e. The normalized spacial score (nSPS) is 11.7. The molecule has 0 saturated carbocycles. The van der Waals surface area contributed by atoms with E-state index in [0.29, 0.717) is 5.17 Å². The van der Waals surface area contributed by atoms with Gasteiger partial charge in [0.25, 0.3) is 0 Å². The van der Waals surface area contributed by atoms with Crippen LogP contribution in [0, 0.1) is 11.5 Å². The quantitative estimate of drug-likeness (QED) is 0.294. The van der Waals surface area contributed by atoms with Crippen LogP contribution in [-0.4, -0.2) is 17.1 Å². The van der Waals surface area contributed by atoms with Crippen molar-refractivity contribution < 1.29 is 0 Å². The van der Waals surface area contributed by atoms with Crippen LogP contribution in [0.2, 0.25) is 0 Å². The first-order valence-electron chi connectivity index (χ1n) is 6.97. The summed E-state index contributed by atoms with van der Waals surface area (Å²) in [6.07, 6.45) is 3.75. The first-order chi connectivity index (χ1) is 11.2. The minimum absolute atomic E-state index is 0.545. The molecule has 0 spiro atoms. The Morgan fingerprint density at radius 2 is 1.78 bits per heavy atom. The van der Waals surface area contributed by atoms with E-state index in [1.807, 2.05) is 74.0 Å². The molecule has 2 rings (SSSR count). The zero-order valence-corrected chi connectivity index (χ0v) is 13.8. The summed E-state index contributed by atoms with van der Waals surface area (Å²) < 4.78 is 0. The van der Waals surface area contributed by atoms with Gasteiger partial charge in [-0.15, -0.1) is 0 Å². The average molecular weight is 323 g/mol. The van der Waals surface area contributed by atoms with Gasteiger partial charge >= 0.3 is 0 Å². The van der Waals surface area contributed by atoms with Gasteiger partial charge in [-0.25, -0.2) is 4.99 Å². The Labute approximate surface area is 140 Å². The third kappa shape index (κ3) is 4.87. The molecule has 0 aliphatic rings. The Balaban J connectivity index is 2.27. The molecule has 2 aromatic rings. The summed E-state index contributed by atoms with van der Waals surface area (Å²) in [5, 5.41) is 16.3. The molecule has 0 saturated heterocycles. The summed E-state index contributed by atoms with van der Waals surface area (Å²) in [5.74, 6) is 0. The third-order valence-corrected chi connectivity index (χ3v) is 3.58. The number of anilines is 1. The molecule has 116 valence electrons. The number of hydrogen-bond acceptors (Lipinski definition) is 5. The van der Waals surface area contributed by atoms with Gasteiger partial charge in [0.05, 0.1) is 17.1 Å². The van der Waals surface area contributed by atoms with E-state index in [-0.39, 0.29) is 0 Å². The molecular weight excluding hydrogens is 306 g/mol. The van der Waals surface area contributed by atoms with Gasteiger partial charge in [-0.1, -0.05) is 48.2 Å². The lowest BCUT2D eigenvalue weighted by Gasteiger charge is -2.07. The van der Waals surface area contributed by atoms with Gasteiger partial charge in [0.15, 0.2) is 11.4 Å². The second-order valence-electron chi connectivity index (χ2n) is 4.55. The number of amidine groups is 1. The lowest BCUT2D eigenvalue weighted by atomic mass is 10.1. The second kappa shape index (κ2) is 8.61. The molecule has 2 aromatic carbocycles. The summed E-state index contributed by atoms with van der Waals surface area (Å²) in [5.41, 5.74) is 6.42. The van der Waals surface area contributed by atoms with E-state index in [0.717, 1.165) is 22.6 Å². The molecule has 0 aliphatic carbocycles. The Hall–Kier alpha value is -2.78. The third-order valence-electron chi connectivity index (χ3n) is 3.00. The lowest BCUT2D eigenvalue weighted by Crippen LogP contribution is -2.12. The van der Waals surface area contributed by atoms with Crippen molar-refractivity contribution in [3.8, 4) is 6.19 Å². The maximum absolute atomic E-state index is 8.75. The van der Waals surface area contributed by atoms with Crippen molar-refractivity contribution in [2.75, 3.05) is 11.7 Å². The minimum atomic E-state index is 0.545. The van der Waals surface area contributed by atoms with Gasteiger partial charge in [-0.3, -0.25) is 10.7 Å². The fourth-order valence-corrected chi connectivity index (χ4v) is 2.22. The molecule has 0 unspecified atom stereocenters. The highest BCUT2D eigenvalue weighted by molar-refractivity contribution is 8.13. The fraction of sp³-hybridized carbons (Fsp3) is 0.118. The topological polar surface area (TPSA) is 72.6 Å². The molecule has 6 heteroatoms. The summed E-state index contributed by atoms with van der Waals surface area (Å²) >= 11 is 1.38. The van der Waals surface area contributed by atoms with Gasteiger partial charge < -0.3 is 0 Å². The number of hydrogen-bond donors (Lipinski definition) is 2. The van der Waals surface area contributed by atoms with Crippen LogP contribution >= 0.6 is 11.8 Å². The molecule has 0 aliphatic heterocycles. The number of hydrazone groups is 1. The predicted octanol–water partition coefficient (Wildman–Crippen LogP) is 3.94. The van der Waals surface area contributed by atoms with Crippen molar-refractivity contribution in [2.45, 2.75) is 6.92 Å². The van der Waals surface area contributed by atoms with E-state index >= 15 is 0 Å². The van der Waals surface area contributed by atoms with Gasteiger partial charge in [-0.2, -0.15) is 10.4 Å². The highest BCUT2D eigenvalue weighted by Crippen LogP contribution is 2.21. The summed E-state index contributed by atoms with van der Waals surface area (Å²) in [6.45, 7) is 1.92. The van der Waals surface area contributed by atoms with Crippen LogP contribution in [-0.2, 0) is 0 Å². The van der Waals surface area contributed by atoms with Crippen LogP contribution in [0.4, 0.5) is 11.4 Å². The lowest BCUT2D eigenvalue weighted by molar-refractivity contribution is 1.27. The zero-order valence-electron chi connectivity index (χ0n) is 12.9. The molecule has 2 N–H and O–H groups in total. The molecule has 0 amide bonds. The number of nitrogens with one attached hydrogen (secondary N) is 2. The number of benzene rings is 2. The molecule has 0 atom stereocenters. The van der Waals surface area contributed by atoms with Crippen molar-refractivity contribution in [3.63, 3.8) is 0 Å². The van der Waals surface area contributed by atoms with Crippen LogP contribution in [0.5, 0.6) is 0 Å². The first kappa shape index (κ1) is 16.6. The fourth-order valence-electron chi connectivity index (χ4n) is 1.88. The van der Waals surface area contributed by atoms with Crippen LogP contribution in [0.15, 0.2) is 64.7 Å². The maximum Gasteiger partial charge on any atom is 0.183 e. The van der Waals surface area contributed by atoms with Gasteiger partial charge in [0.2, 0.25) is 0 Å². The summed E-state index contributed by atoms with van der Waals surface area (Å²) in [6, 6.07) is 17.4. The molecule has 0 heterocycles. The predicted molar refractivity (Wildman–Crippen MR) is 98.1 cm³/mol. The average Bonchev–Trinajstić information content (AvgIpc) is 2.60. The largest absolute Gasteiger partial charge is 0.278 e. The maximum atomic E-state index is 8.75. The Kier molecular flexibility index (Phi) is 6.21.